The van der Waals surface area contributed by atoms with Crippen LogP contribution in [0.3, 0.4) is 0 Å². The molecular weight excluding hydrogens is 237 g/mol. The number of ether oxygens (including phenoxy) is 3. The second kappa shape index (κ2) is 7.89. The Kier molecular flexibility index (Phi) is 6.46. The Morgan fingerprint density at radius 2 is 1.89 bits per heavy atom. The average molecular weight is 257 g/mol. The van der Waals surface area contributed by atoms with Crippen LogP contribution in [0, 0.1) is 5.82 Å². The molecule has 0 bridgehead atoms. The molecule has 0 spiro atoms. The van der Waals surface area contributed by atoms with Crippen molar-refractivity contribution in [1.82, 2.24) is 0 Å². The number of halogens is 1. The van der Waals surface area contributed by atoms with Gasteiger partial charge in [-0.3, -0.25) is 0 Å². The van der Waals surface area contributed by atoms with E-state index >= 15 is 0 Å². The normalized spacial score (nSPS) is 10.7. The highest BCUT2D eigenvalue weighted by Crippen LogP contribution is 2.24. The van der Waals surface area contributed by atoms with Crippen molar-refractivity contribution in [1.29, 1.82) is 0 Å². The number of benzene rings is 1. The maximum absolute atomic E-state index is 13.0. The first-order valence-corrected chi connectivity index (χ1v) is 6.01. The second-order valence-electron chi connectivity index (χ2n) is 3.57. The van der Waals surface area contributed by atoms with E-state index < -0.39 is 0 Å². The van der Waals surface area contributed by atoms with Crippen molar-refractivity contribution in [2.24, 2.45) is 0 Å². The highest BCUT2D eigenvalue weighted by Gasteiger charge is 2.10. The fourth-order valence-corrected chi connectivity index (χ4v) is 1.54. The summed E-state index contributed by atoms with van der Waals surface area (Å²) < 4.78 is 28.9. The van der Waals surface area contributed by atoms with E-state index in [0.29, 0.717) is 31.2 Å². The third-order valence-electron chi connectivity index (χ3n) is 2.33. The van der Waals surface area contributed by atoms with Crippen molar-refractivity contribution in [2.45, 2.75) is 20.1 Å². The lowest BCUT2D eigenvalue weighted by Crippen LogP contribution is -2.26. The Balaban J connectivity index is 2.60. The molecule has 0 saturated carbocycles. The van der Waals surface area contributed by atoms with E-state index in [2.05, 4.69) is 5.32 Å². The first kappa shape index (κ1) is 14.7. The summed E-state index contributed by atoms with van der Waals surface area (Å²) in [6.45, 7) is 5.44. The molecular formula is C13H20FNO3. The maximum atomic E-state index is 13.0. The summed E-state index contributed by atoms with van der Waals surface area (Å²) in [5.41, 5.74) is 0.711. The molecule has 0 amide bonds. The van der Waals surface area contributed by atoms with Gasteiger partial charge in [0.25, 0.3) is 0 Å². The van der Waals surface area contributed by atoms with Crippen LogP contribution in [0.1, 0.15) is 13.8 Å². The van der Waals surface area contributed by atoms with Crippen LogP contribution in [0.2, 0.25) is 0 Å². The average Bonchev–Trinajstić information content (AvgIpc) is 2.37. The van der Waals surface area contributed by atoms with Crippen molar-refractivity contribution < 1.29 is 18.6 Å². The van der Waals surface area contributed by atoms with Gasteiger partial charge in [0.2, 0.25) is 0 Å². The lowest BCUT2D eigenvalue weighted by atomic mass is 10.3. The number of hydrogen-bond donors (Lipinski definition) is 1. The topological polar surface area (TPSA) is 39.7 Å². The van der Waals surface area contributed by atoms with Gasteiger partial charge < -0.3 is 19.5 Å². The summed E-state index contributed by atoms with van der Waals surface area (Å²) in [7, 11) is 1.50. The molecule has 102 valence electrons. The molecule has 0 saturated heterocycles. The molecule has 4 nitrogen and oxygen atoms in total. The summed E-state index contributed by atoms with van der Waals surface area (Å²) in [5, 5.41) is 3.12. The van der Waals surface area contributed by atoms with Gasteiger partial charge in [0, 0.05) is 19.3 Å². The van der Waals surface area contributed by atoms with E-state index in [9.17, 15) is 4.39 Å². The Hall–Kier alpha value is -1.33. The molecule has 1 rings (SSSR count). The Labute approximate surface area is 107 Å². The minimum Gasteiger partial charge on any atom is -0.494 e. The van der Waals surface area contributed by atoms with Crippen LogP contribution in [0.25, 0.3) is 0 Å². The van der Waals surface area contributed by atoms with Gasteiger partial charge >= 0.3 is 0 Å². The molecule has 0 atom stereocenters. The lowest BCUT2D eigenvalue weighted by molar-refractivity contribution is -0.126. The molecule has 0 heterocycles. The van der Waals surface area contributed by atoms with E-state index in [1.807, 2.05) is 13.8 Å². The summed E-state index contributed by atoms with van der Waals surface area (Å²) >= 11 is 0. The fourth-order valence-electron chi connectivity index (χ4n) is 1.54. The van der Waals surface area contributed by atoms with Crippen molar-refractivity contribution in [3.05, 3.63) is 24.0 Å². The molecule has 1 aromatic carbocycles. The molecule has 0 aliphatic heterocycles. The minimum atomic E-state index is -0.330. The molecule has 1 aromatic rings. The van der Waals surface area contributed by atoms with Crippen LogP contribution in [-0.4, -0.2) is 33.2 Å². The van der Waals surface area contributed by atoms with Crippen molar-refractivity contribution in [3.8, 4) is 5.75 Å². The van der Waals surface area contributed by atoms with Crippen molar-refractivity contribution >= 4 is 5.69 Å². The van der Waals surface area contributed by atoms with E-state index in [1.165, 1.54) is 19.2 Å². The molecule has 0 aliphatic rings. The number of hydrogen-bond acceptors (Lipinski definition) is 4. The minimum absolute atomic E-state index is 0.324. The van der Waals surface area contributed by atoms with Crippen LogP contribution in [0.4, 0.5) is 10.1 Å². The van der Waals surface area contributed by atoms with Gasteiger partial charge in [-0.2, -0.15) is 0 Å². The van der Waals surface area contributed by atoms with Crippen LogP contribution < -0.4 is 10.1 Å². The number of anilines is 1. The molecule has 1 N–H and O–H groups in total. The second-order valence-corrected chi connectivity index (χ2v) is 3.57. The van der Waals surface area contributed by atoms with Crippen LogP contribution in [0.5, 0.6) is 5.75 Å². The zero-order chi connectivity index (χ0) is 13.4. The third kappa shape index (κ3) is 4.50. The standard InChI is InChI=1S/C13H20FNO3/c1-4-17-13(18-5-2)9-15-11-7-6-10(14)8-12(11)16-3/h6-8,13,15H,4-5,9H2,1-3H3. The van der Waals surface area contributed by atoms with Gasteiger partial charge in [0.05, 0.1) is 19.3 Å². The van der Waals surface area contributed by atoms with E-state index in [-0.39, 0.29) is 12.1 Å². The van der Waals surface area contributed by atoms with Gasteiger partial charge in [0.15, 0.2) is 6.29 Å². The van der Waals surface area contributed by atoms with Crippen LogP contribution >= 0.6 is 0 Å². The predicted molar refractivity (Wildman–Crippen MR) is 68.5 cm³/mol. The van der Waals surface area contributed by atoms with Crippen molar-refractivity contribution in [2.75, 3.05) is 32.2 Å². The number of nitrogens with one attached hydrogen (secondary N) is 1. The van der Waals surface area contributed by atoms with E-state index in [0.717, 1.165) is 0 Å². The quantitative estimate of drug-likeness (QED) is 0.727. The molecule has 0 fully saturated rings. The molecule has 5 heteroatoms. The highest BCUT2D eigenvalue weighted by molar-refractivity contribution is 5.56. The van der Waals surface area contributed by atoms with Crippen molar-refractivity contribution in [3.63, 3.8) is 0 Å². The molecule has 0 radical (unpaired) electrons. The summed E-state index contributed by atoms with van der Waals surface area (Å²) in [6.07, 6.45) is -0.324. The van der Waals surface area contributed by atoms with Gasteiger partial charge in [-0.15, -0.1) is 0 Å². The number of methoxy groups -OCH3 is 1. The van der Waals surface area contributed by atoms with Gasteiger partial charge in [-0.1, -0.05) is 0 Å². The maximum Gasteiger partial charge on any atom is 0.174 e. The Bertz CT molecular complexity index is 354. The summed E-state index contributed by atoms with van der Waals surface area (Å²) in [5.74, 6) is 0.130. The Morgan fingerprint density at radius 3 is 2.44 bits per heavy atom. The third-order valence-corrected chi connectivity index (χ3v) is 2.33. The molecule has 0 unspecified atom stereocenters. The van der Waals surface area contributed by atoms with Gasteiger partial charge in [-0.05, 0) is 26.0 Å². The zero-order valence-electron chi connectivity index (χ0n) is 11.0. The van der Waals surface area contributed by atoms with E-state index in [4.69, 9.17) is 14.2 Å². The van der Waals surface area contributed by atoms with Gasteiger partial charge in [0.1, 0.15) is 11.6 Å². The SMILES string of the molecule is CCOC(CNc1ccc(F)cc1OC)OCC. The Morgan fingerprint density at radius 1 is 1.22 bits per heavy atom. The molecule has 0 aromatic heterocycles. The molecule has 18 heavy (non-hydrogen) atoms. The number of rotatable bonds is 8. The fraction of sp³-hybridized carbons (Fsp3) is 0.538. The largest absolute Gasteiger partial charge is 0.494 e. The first-order valence-electron chi connectivity index (χ1n) is 6.01. The predicted octanol–water partition coefficient (Wildman–Crippen LogP) is 2.65. The first-order chi connectivity index (χ1) is 8.71. The van der Waals surface area contributed by atoms with Gasteiger partial charge in [-0.25, -0.2) is 4.39 Å². The summed E-state index contributed by atoms with van der Waals surface area (Å²) in [4.78, 5) is 0. The monoisotopic (exact) mass is 257 g/mol. The van der Waals surface area contributed by atoms with E-state index in [1.54, 1.807) is 6.07 Å². The van der Waals surface area contributed by atoms with Crippen LogP contribution in [-0.2, 0) is 9.47 Å². The molecule has 0 aliphatic carbocycles. The zero-order valence-corrected chi connectivity index (χ0v) is 11.0. The summed E-state index contributed by atoms with van der Waals surface area (Å²) in [6, 6.07) is 4.34. The lowest BCUT2D eigenvalue weighted by Gasteiger charge is -2.19. The van der Waals surface area contributed by atoms with Crippen LogP contribution in [0.15, 0.2) is 18.2 Å². The highest BCUT2D eigenvalue weighted by atomic mass is 19.1. The smallest absolute Gasteiger partial charge is 0.174 e.